The summed E-state index contributed by atoms with van der Waals surface area (Å²) in [4.78, 5) is 24.7. The maximum atomic E-state index is 11.8. The normalized spacial score (nSPS) is 12.6. The Morgan fingerprint density at radius 1 is 1.28 bits per heavy atom. The summed E-state index contributed by atoms with van der Waals surface area (Å²) in [5.41, 5.74) is 0. The Morgan fingerprint density at radius 2 is 1.89 bits per heavy atom. The Hall–Kier alpha value is -1.10. The standard InChI is InChI=1S/C13H26N2O3/c1-10(2)9-14-13(17)11(3)15(4)8-6-7-12(16)18-5/h10-11H,6-9H2,1-5H3,(H,14,17). The highest BCUT2D eigenvalue weighted by Crippen LogP contribution is 2.01. The van der Waals surface area contributed by atoms with Crippen molar-refractivity contribution in [2.45, 2.75) is 39.7 Å². The summed E-state index contributed by atoms with van der Waals surface area (Å²) >= 11 is 0. The first-order valence-electron chi connectivity index (χ1n) is 6.43. The quantitative estimate of drug-likeness (QED) is 0.661. The van der Waals surface area contributed by atoms with Gasteiger partial charge in [-0.1, -0.05) is 13.8 Å². The highest BCUT2D eigenvalue weighted by atomic mass is 16.5. The number of amides is 1. The summed E-state index contributed by atoms with van der Waals surface area (Å²) in [6.07, 6.45) is 1.09. The second-order valence-electron chi connectivity index (χ2n) is 4.98. The Bertz CT molecular complexity index is 267. The topological polar surface area (TPSA) is 58.6 Å². The van der Waals surface area contributed by atoms with Crippen LogP contribution in [0.3, 0.4) is 0 Å². The summed E-state index contributed by atoms with van der Waals surface area (Å²) in [5, 5.41) is 2.90. The fraction of sp³-hybridized carbons (Fsp3) is 0.846. The molecule has 0 rings (SSSR count). The lowest BCUT2D eigenvalue weighted by Gasteiger charge is -2.24. The average Bonchev–Trinajstić information content (AvgIpc) is 2.34. The third kappa shape index (κ3) is 7.27. The molecular formula is C13H26N2O3. The van der Waals surface area contributed by atoms with Gasteiger partial charge in [0.05, 0.1) is 13.2 Å². The van der Waals surface area contributed by atoms with Gasteiger partial charge in [0, 0.05) is 13.0 Å². The molecule has 0 fully saturated rings. The maximum Gasteiger partial charge on any atom is 0.305 e. The number of carbonyl (C=O) groups is 2. The number of carbonyl (C=O) groups excluding carboxylic acids is 2. The fourth-order valence-corrected chi connectivity index (χ4v) is 1.42. The van der Waals surface area contributed by atoms with E-state index in [0.717, 1.165) is 0 Å². The summed E-state index contributed by atoms with van der Waals surface area (Å²) in [5.74, 6) is 0.273. The van der Waals surface area contributed by atoms with Gasteiger partial charge in [-0.3, -0.25) is 14.5 Å². The molecule has 0 aliphatic heterocycles. The monoisotopic (exact) mass is 258 g/mol. The maximum absolute atomic E-state index is 11.8. The smallest absolute Gasteiger partial charge is 0.305 e. The van der Waals surface area contributed by atoms with E-state index >= 15 is 0 Å². The molecule has 5 heteroatoms. The number of esters is 1. The van der Waals surface area contributed by atoms with Gasteiger partial charge < -0.3 is 10.1 Å². The van der Waals surface area contributed by atoms with Crippen LogP contribution in [0.4, 0.5) is 0 Å². The molecule has 0 aliphatic carbocycles. The molecule has 0 radical (unpaired) electrons. The molecule has 0 bridgehead atoms. The zero-order valence-electron chi connectivity index (χ0n) is 12.2. The van der Waals surface area contributed by atoms with Gasteiger partial charge in [-0.25, -0.2) is 0 Å². The zero-order chi connectivity index (χ0) is 14.1. The summed E-state index contributed by atoms with van der Waals surface area (Å²) in [6.45, 7) is 7.38. The molecule has 18 heavy (non-hydrogen) atoms. The third-order valence-electron chi connectivity index (χ3n) is 2.84. The minimum absolute atomic E-state index is 0.0317. The Morgan fingerprint density at radius 3 is 2.39 bits per heavy atom. The van der Waals surface area contributed by atoms with Crippen LogP contribution in [0.25, 0.3) is 0 Å². The predicted molar refractivity (Wildman–Crippen MR) is 71.2 cm³/mol. The van der Waals surface area contributed by atoms with Crippen molar-refractivity contribution in [2.24, 2.45) is 5.92 Å². The van der Waals surface area contributed by atoms with Crippen LogP contribution in [0.2, 0.25) is 0 Å². The molecule has 0 saturated carbocycles. The second kappa shape index (κ2) is 8.91. The fourth-order valence-electron chi connectivity index (χ4n) is 1.42. The average molecular weight is 258 g/mol. The highest BCUT2D eigenvalue weighted by molar-refractivity contribution is 5.81. The van der Waals surface area contributed by atoms with E-state index in [1.807, 2.05) is 18.9 Å². The van der Waals surface area contributed by atoms with Crippen LogP contribution in [0.15, 0.2) is 0 Å². The highest BCUT2D eigenvalue weighted by Gasteiger charge is 2.17. The van der Waals surface area contributed by atoms with Crippen LogP contribution >= 0.6 is 0 Å². The van der Waals surface area contributed by atoms with Crippen LogP contribution < -0.4 is 5.32 Å². The van der Waals surface area contributed by atoms with E-state index < -0.39 is 0 Å². The molecular weight excluding hydrogens is 232 g/mol. The molecule has 1 N–H and O–H groups in total. The minimum Gasteiger partial charge on any atom is -0.469 e. The molecule has 1 unspecified atom stereocenters. The molecule has 0 aromatic heterocycles. The number of nitrogens with zero attached hydrogens (tertiary/aromatic N) is 1. The molecule has 0 spiro atoms. The lowest BCUT2D eigenvalue weighted by molar-refractivity contribution is -0.140. The first kappa shape index (κ1) is 16.9. The minimum atomic E-state index is -0.208. The van der Waals surface area contributed by atoms with E-state index in [2.05, 4.69) is 23.9 Å². The van der Waals surface area contributed by atoms with Crippen LogP contribution in [0, 0.1) is 5.92 Å². The van der Waals surface area contributed by atoms with Crippen molar-refractivity contribution in [3.05, 3.63) is 0 Å². The summed E-state index contributed by atoms with van der Waals surface area (Å²) in [7, 11) is 3.27. The molecule has 0 aromatic carbocycles. The molecule has 5 nitrogen and oxygen atoms in total. The summed E-state index contributed by atoms with van der Waals surface area (Å²) < 4.78 is 4.57. The lowest BCUT2D eigenvalue weighted by atomic mass is 10.2. The first-order chi connectivity index (χ1) is 8.38. The zero-order valence-corrected chi connectivity index (χ0v) is 12.2. The largest absolute Gasteiger partial charge is 0.469 e. The molecule has 0 aromatic rings. The van der Waals surface area contributed by atoms with E-state index in [1.54, 1.807) is 0 Å². The van der Waals surface area contributed by atoms with Crippen molar-refractivity contribution in [3.63, 3.8) is 0 Å². The molecule has 0 saturated heterocycles. The number of likely N-dealkylation sites (N-methyl/N-ethyl adjacent to an activating group) is 1. The van der Waals surface area contributed by atoms with E-state index in [9.17, 15) is 9.59 Å². The molecule has 0 heterocycles. The SMILES string of the molecule is COC(=O)CCCN(C)C(C)C(=O)NCC(C)C. The Balaban J connectivity index is 3.90. The van der Waals surface area contributed by atoms with Gasteiger partial charge in [-0.2, -0.15) is 0 Å². The number of ether oxygens (including phenoxy) is 1. The van der Waals surface area contributed by atoms with Gasteiger partial charge in [-0.15, -0.1) is 0 Å². The Labute approximate surface area is 110 Å². The molecule has 106 valence electrons. The van der Waals surface area contributed by atoms with E-state index in [-0.39, 0.29) is 17.9 Å². The van der Waals surface area contributed by atoms with Crippen LogP contribution in [0.5, 0.6) is 0 Å². The van der Waals surface area contributed by atoms with Gasteiger partial charge in [0.15, 0.2) is 0 Å². The van der Waals surface area contributed by atoms with Crippen molar-refractivity contribution in [2.75, 3.05) is 27.2 Å². The van der Waals surface area contributed by atoms with Crippen molar-refractivity contribution in [3.8, 4) is 0 Å². The van der Waals surface area contributed by atoms with Gasteiger partial charge in [0.1, 0.15) is 0 Å². The van der Waals surface area contributed by atoms with Crippen molar-refractivity contribution in [1.82, 2.24) is 10.2 Å². The number of rotatable bonds is 8. The van der Waals surface area contributed by atoms with E-state index in [1.165, 1.54) is 7.11 Å². The third-order valence-corrected chi connectivity index (χ3v) is 2.84. The number of methoxy groups -OCH3 is 1. The van der Waals surface area contributed by atoms with Gasteiger partial charge in [-0.05, 0) is 32.9 Å². The van der Waals surface area contributed by atoms with Crippen molar-refractivity contribution in [1.29, 1.82) is 0 Å². The predicted octanol–water partition coefficient (Wildman–Crippen LogP) is 1.03. The van der Waals surface area contributed by atoms with E-state index in [4.69, 9.17) is 0 Å². The lowest BCUT2D eigenvalue weighted by Crippen LogP contribution is -2.44. The number of hydrogen-bond donors (Lipinski definition) is 1. The second-order valence-corrected chi connectivity index (χ2v) is 4.98. The van der Waals surface area contributed by atoms with Crippen molar-refractivity contribution >= 4 is 11.9 Å². The molecule has 1 amide bonds. The van der Waals surface area contributed by atoms with Crippen LogP contribution in [-0.2, 0) is 14.3 Å². The Kier molecular flexibility index (Phi) is 8.37. The molecule has 0 aliphatic rings. The number of hydrogen-bond acceptors (Lipinski definition) is 4. The van der Waals surface area contributed by atoms with Crippen molar-refractivity contribution < 1.29 is 14.3 Å². The van der Waals surface area contributed by atoms with E-state index in [0.29, 0.717) is 31.8 Å². The van der Waals surface area contributed by atoms with Gasteiger partial charge >= 0.3 is 5.97 Å². The van der Waals surface area contributed by atoms with Gasteiger partial charge in [0.2, 0.25) is 5.91 Å². The number of nitrogens with one attached hydrogen (secondary N) is 1. The molecule has 1 atom stereocenters. The summed E-state index contributed by atoms with van der Waals surface area (Å²) in [6, 6.07) is -0.179. The van der Waals surface area contributed by atoms with Crippen LogP contribution in [0.1, 0.15) is 33.6 Å². The van der Waals surface area contributed by atoms with Gasteiger partial charge in [0.25, 0.3) is 0 Å². The first-order valence-corrected chi connectivity index (χ1v) is 6.43. The van der Waals surface area contributed by atoms with Crippen LogP contribution in [-0.4, -0.2) is 50.1 Å².